The van der Waals surface area contributed by atoms with Crippen LogP contribution in [0, 0.1) is 5.92 Å². The van der Waals surface area contributed by atoms with Crippen LogP contribution >= 0.6 is 0 Å². The molecule has 2 aromatic rings. The molecule has 126 valence electrons. The number of pyridine rings is 2. The van der Waals surface area contributed by atoms with Crippen molar-refractivity contribution in [3.8, 4) is 5.88 Å². The van der Waals surface area contributed by atoms with Gasteiger partial charge in [-0.25, -0.2) is 9.97 Å². The molecule has 0 N–H and O–H groups in total. The molecule has 4 rings (SSSR count). The minimum Gasteiger partial charge on any atom is -0.472 e. The third-order valence-corrected chi connectivity index (χ3v) is 5.26. The van der Waals surface area contributed by atoms with Crippen molar-refractivity contribution in [1.29, 1.82) is 0 Å². The lowest BCUT2D eigenvalue weighted by Crippen LogP contribution is -2.58. The van der Waals surface area contributed by atoms with Gasteiger partial charge in [0.05, 0.1) is 12.6 Å². The van der Waals surface area contributed by atoms with Crippen LogP contribution in [-0.2, 0) is 4.74 Å². The van der Waals surface area contributed by atoms with Gasteiger partial charge < -0.3 is 14.4 Å². The Morgan fingerprint density at radius 1 is 1.00 bits per heavy atom. The normalized spacial score (nSPS) is 29.3. The summed E-state index contributed by atoms with van der Waals surface area (Å²) in [4.78, 5) is 11.3. The van der Waals surface area contributed by atoms with Gasteiger partial charge in [-0.2, -0.15) is 0 Å². The summed E-state index contributed by atoms with van der Waals surface area (Å²) in [7, 11) is 1.81. The zero-order valence-electron chi connectivity index (χ0n) is 13.9. The van der Waals surface area contributed by atoms with Gasteiger partial charge in [0, 0.05) is 37.5 Å². The minimum atomic E-state index is 0.0587. The number of nitrogens with zero attached hydrogens (tertiary/aromatic N) is 3. The zero-order valence-corrected chi connectivity index (χ0v) is 13.9. The molecule has 0 unspecified atom stereocenters. The maximum absolute atomic E-state index is 6.26. The van der Waals surface area contributed by atoms with Gasteiger partial charge in [0.2, 0.25) is 5.88 Å². The number of piperidine rings is 1. The molecule has 0 amide bonds. The van der Waals surface area contributed by atoms with Crippen molar-refractivity contribution in [3.63, 3.8) is 0 Å². The Balaban J connectivity index is 1.60. The van der Waals surface area contributed by atoms with Crippen LogP contribution in [0.25, 0.3) is 0 Å². The van der Waals surface area contributed by atoms with Gasteiger partial charge in [-0.3, -0.25) is 0 Å². The third-order valence-electron chi connectivity index (χ3n) is 5.26. The summed E-state index contributed by atoms with van der Waals surface area (Å²) in [5.74, 6) is 2.12. The van der Waals surface area contributed by atoms with E-state index in [2.05, 4.69) is 20.9 Å². The van der Waals surface area contributed by atoms with E-state index < -0.39 is 0 Å². The highest BCUT2D eigenvalue weighted by molar-refractivity contribution is 5.41. The molecule has 3 heterocycles. The highest BCUT2D eigenvalue weighted by Crippen LogP contribution is 2.39. The molecule has 1 saturated carbocycles. The van der Waals surface area contributed by atoms with Crippen molar-refractivity contribution in [2.75, 3.05) is 18.6 Å². The molecule has 2 fully saturated rings. The van der Waals surface area contributed by atoms with Crippen LogP contribution in [0.15, 0.2) is 48.8 Å². The van der Waals surface area contributed by atoms with E-state index in [1.54, 1.807) is 6.20 Å². The molecule has 2 aliphatic rings. The van der Waals surface area contributed by atoms with Crippen LogP contribution in [-0.4, -0.2) is 41.9 Å². The van der Waals surface area contributed by atoms with Crippen molar-refractivity contribution in [3.05, 3.63) is 48.8 Å². The monoisotopic (exact) mass is 325 g/mol. The van der Waals surface area contributed by atoms with E-state index >= 15 is 0 Å². The van der Waals surface area contributed by atoms with Crippen LogP contribution in [0.4, 0.5) is 5.82 Å². The maximum Gasteiger partial charge on any atom is 0.213 e. The Bertz CT molecular complexity index is 652. The largest absolute Gasteiger partial charge is 0.472 e. The highest BCUT2D eigenvalue weighted by atomic mass is 16.5. The second-order valence-electron chi connectivity index (χ2n) is 6.57. The van der Waals surface area contributed by atoms with Crippen molar-refractivity contribution in [2.24, 2.45) is 5.92 Å². The molecule has 1 saturated heterocycles. The fourth-order valence-corrected chi connectivity index (χ4v) is 4.10. The standard InChI is InChI=1S/C19H23N3O2/c1-23-16-9-8-14-12-15(16)17(24-19-7-3-5-11-21-19)13-22(14)18-6-2-4-10-20-18/h2-7,10-11,14-17H,8-9,12-13H2,1H3/t14-,15-,16+,17-/m0/s1. The molecular weight excluding hydrogens is 302 g/mol. The summed E-state index contributed by atoms with van der Waals surface area (Å²) in [6.07, 6.45) is 7.23. The smallest absolute Gasteiger partial charge is 0.213 e. The number of aromatic nitrogens is 2. The van der Waals surface area contributed by atoms with Gasteiger partial charge in [-0.15, -0.1) is 0 Å². The Kier molecular flexibility index (Phi) is 4.34. The number of fused-ring (bicyclic) bond motifs is 2. The molecule has 1 aliphatic heterocycles. The van der Waals surface area contributed by atoms with Gasteiger partial charge in [0.15, 0.2) is 0 Å². The molecule has 2 aromatic heterocycles. The first-order valence-corrected chi connectivity index (χ1v) is 8.63. The van der Waals surface area contributed by atoms with Crippen molar-refractivity contribution in [1.82, 2.24) is 9.97 Å². The van der Waals surface area contributed by atoms with E-state index in [4.69, 9.17) is 9.47 Å². The highest BCUT2D eigenvalue weighted by Gasteiger charge is 2.45. The van der Waals surface area contributed by atoms with E-state index in [1.165, 1.54) is 0 Å². The van der Waals surface area contributed by atoms with E-state index in [1.807, 2.05) is 43.6 Å². The summed E-state index contributed by atoms with van der Waals surface area (Å²) in [6.45, 7) is 0.822. The van der Waals surface area contributed by atoms with Gasteiger partial charge in [-0.05, 0) is 37.5 Å². The molecule has 5 nitrogen and oxygen atoms in total. The lowest BCUT2D eigenvalue weighted by molar-refractivity contribution is -0.0461. The fraction of sp³-hybridized carbons (Fsp3) is 0.474. The summed E-state index contributed by atoms with van der Waals surface area (Å²) in [5, 5.41) is 0. The Hall–Kier alpha value is -2.14. The van der Waals surface area contributed by atoms with Crippen LogP contribution < -0.4 is 9.64 Å². The Morgan fingerprint density at radius 3 is 2.54 bits per heavy atom. The zero-order chi connectivity index (χ0) is 16.4. The predicted molar refractivity (Wildman–Crippen MR) is 92.2 cm³/mol. The lowest BCUT2D eigenvalue weighted by Gasteiger charge is -2.50. The fourth-order valence-electron chi connectivity index (χ4n) is 4.10. The number of hydrogen-bond acceptors (Lipinski definition) is 5. The summed E-state index contributed by atoms with van der Waals surface area (Å²) in [5.41, 5.74) is 0. The SMILES string of the molecule is CO[C@@H]1CC[C@H]2C[C@@H]1[C@@H](Oc1ccccn1)CN2c1ccccn1. The molecular formula is C19H23N3O2. The average Bonchev–Trinajstić information content (AvgIpc) is 2.66. The molecule has 0 spiro atoms. The van der Waals surface area contributed by atoms with E-state index in [0.29, 0.717) is 17.8 Å². The lowest BCUT2D eigenvalue weighted by atomic mass is 9.76. The second-order valence-corrected chi connectivity index (χ2v) is 6.57. The van der Waals surface area contributed by atoms with Crippen LogP contribution in [0.1, 0.15) is 19.3 Å². The molecule has 0 aromatic carbocycles. The van der Waals surface area contributed by atoms with Gasteiger partial charge >= 0.3 is 0 Å². The summed E-state index contributed by atoms with van der Waals surface area (Å²) in [6, 6.07) is 12.4. The Labute approximate surface area is 142 Å². The maximum atomic E-state index is 6.26. The van der Waals surface area contributed by atoms with Crippen molar-refractivity contribution in [2.45, 2.75) is 37.5 Å². The van der Waals surface area contributed by atoms with Crippen molar-refractivity contribution < 1.29 is 9.47 Å². The number of hydrogen-bond donors (Lipinski definition) is 0. The predicted octanol–water partition coefficient (Wildman–Crippen LogP) is 2.93. The average molecular weight is 325 g/mol. The summed E-state index contributed by atoms with van der Waals surface area (Å²) >= 11 is 0. The molecule has 2 bridgehead atoms. The van der Waals surface area contributed by atoms with Gasteiger partial charge in [0.1, 0.15) is 11.9 Å². The van der Waals surface area contributed by atoms with Gasteiger partial charge in [-0.1, -0.05) is 12.1 Å². The van der Waals surface area contributed by atoms with E-state index in [-0.39, 0.29) is 12.2 Å². The molecule has 4 atom stereocenters. The summed E-state index contributed by atoms with van der Waals surface area (Å²) < 4.78 is 12.0. The topological polar surface area (TPSA) is 47.5 Å². The minimum absolute atomic E-state index is 0.0587. The number of anilines is 1. The quantitative estimate of drug-likeness (QED) is 0.865. The van der Waals surface area contributed by atoms with Crippen LogP contribution in [0.2, 0.25) is 0 Å². The first-order valence-electron chi connectivity index (χ1n) is 8.63. The molecule has 5 heteroatoms. The van der Waals surface area contributed by atoms with Crippen LogP contribution in [0.3, 0.4) is 0 Å². The van der Waals surface area contributed by atoms with E-state index in [0.717, 1.165) is 31.6 Å². The first-order chi connectivity index (χ1) is 11.8. The number of rotatable bonds is 4. The molecule has 0 radical (unpaired) electrons. The van der Waals surface area contributed by atoms with Gasteiger partial charge in [0.25, 0.3) is 0 Å². The Morgan fingerprint density at radius 2 is 1.83 bits per heavy atom. The third kappa shape index (κ3) is 2.96. The first kappa shape index (κ1) is 15.4. The van der Waals surface area contributed by atoms with E-state index in [9.17, 15) is 0 Å². The van der Waals surface area contributed by atoms with Crippen molar-refractivity contribution >= 4 is 5.82 Å². The number of ether oxygens (including phenoxy) is 2. The second kappa shape index (κ2) is 6.77. The number of methoxy groups -OCH3 is 1. The van der Waals surface area contributed by atoms with Crippen LogP contribution in [0.5, 0.6) is 5.88 Å². The molecule has 24 heavy (non-hydrogen) atoms. The molecule has 1 aliphatic carbocycles.